The highest BCUT2D eigenvalue weighted by atomic mass is 79.9. The summed E-state index contributed by atoms with van der Waals surface area (Å²) in [5.74, 6) is -0.584. The fraction of sp³-hybridized carbons (Fsp3) is 0.364. The first kappa shape index (κ1) is 15.0. The van der Waals surface area contributed by atoms with Gasteiger partial charge in [-0.1, -0.05) is 28.1 Å². The topological polar surface area (TPSA) is 38.3 Å². The van der Waals surface area contributed by atoms with E-state index in [-0.39, 0.29) is 6.54 Å². The minimum absolute atomic E-state index is 0.244. The molecule has 0 atom stereocenters. The number of carbonyl (C=O) groups excluding carboxylic acids is 1. The third kappa shape index (κ3) is 6.61. The quantitative estimate of drug-likeness (QED) is 0.903. The van der Waals surface area contributed by atoms with Crippen LogP contribution in [-0.4, -0.2) is 25.3 Å². The normalized spacial score (nSPS) is 11.3. The Bertz CT molecular complexity index is 410. The van der Waals surface area contributed by atoms with Crippen molar-refractivity contribution in [1.82, 2.24) is 5.32 Å². The summed E-state index contributed by atoms with van der Waals surface area (Å²) in [7, 11) is 0. The lowest BCUT2D eigenvalue weighted by molar-refractivity contribution is -0.175. The molecule has 0 spiro atoms. The van der Waals surface area contributed by atoms with Crippen LogP contribution in [-0.2, 0) is 16.1 Å². The van der Waals surface area contributed by atoms with Crippen LogP contribution >= 0.6 is 15.9 Å². The van der Waals surface area contributed by atoms with Gasteiger partial charge in [-0.15, -0.1) is 0 Å². The minimum Gasteiger partial charge on any atom is -0.362 e. The highest BCUT2D eigenvalue weighted by molar-refractivity contribution is 9.10. The molecule has 0 aliphatic rings. The van der Waals surface area contributed by atoms with Gasteiger partial charge in [-0.05, 0) is 17.7 Å². The molecule has 1 aromatic carbocycles. The van der Waals surface area contributed by atoms with E-state index in [9.17, 15) is 18.0 Å². The molecule has 1 aromatic rings. The summed E-state index contributed by atoms with van der Waals surface area (Å²) in [5, 5.41) is 2.46. The summed E-state index contributed by atoms with van der Waals surface area (Å²) >= 11 is 3.27. The Morgan fingerprint density at radius 2 is 2.11 bits per heavy atom. The number of ether oxygens (including phenoxy) is 1. The van der Waals surface area contributed by atoms with Crippen LogP contribution in [0.4, 0.5) is 13.2 Å². The average molecular weight is 326 g/mol. The molecule has 0 bridgehead atoms. The van der Waals surface area contributed by atoms with Crippen LogP contribution in [0.25, 0.3) is 0 Å². The molecule has 3 nitrogen and oxygen atoms in total. The van der Waals surface area contributed by atoms with Crippen molar-refractivity contribution in [2.45, 2.75) is 12.7 Å². The Morgan fingerprint density at radius 1 is 1.39 bits per heavy atom. The Labute approximate surface area is 110 Å². The van der Waals surface area contributed by atoms with Crippen molar-refractivity contribution in [3.05, 3.63) is 34.3 Å². The molecular weight excluding hydrogens is 315 g/mol. The zero-order valence-corrected chi connectivity index (χ0v) is 10.8. The van der Waals surface area contributed by atoms with Gasteiger partial charge in [-0.2, -0.15) is 13.2 Å². The fourth-order valence-electron chi connectivity index (χ4n) is 1.16. The van der Waals surface area contributed by atoms with Gasteiger partial charge in [0, 0.05) is 11.0 Å². The van der Waals surface area contributed by atoms with Crippen molar-refractivity contribution in [3.8, 4) is 0 Å². The molecule has 0 saturated carbocycles. The molecule has 0 unspecified atom stereocenters. The second-order valence-corrected chi connectivity index (χ2v) is 4.43. The van der Waals surface area contributed by atoms with E-state index in [0.29, 0.717) is 0 Å². The van der Waals surface area contributed by atoms with E-state index in [4.69, 9.17) is 0 Å². The van der Waals surface area contributed by atoms with Crippen molar-refractivity contribution < 1.29 is 22.7 Å². The molecule has 0 heterocycles. The lowest BCUT2D eigenvalue weighted by Crippen LogP contribution is -2.29. The van der Waals surface area contributed by atoms with Gasteiger partial charge in [-0.25, -0.2) is 0 Å². The molecule has 7 heteroatoms. The van der Waals surface area contributed by atoms with Crippen LogP contribution in [0.3, 0.4) is 0 Å². The second-order valence-electron chi connectivity index (χ2n) is 3.51. The summed E-state index contributed by atoms with van der Waals surface area (Å²) in [6.45, 7) is -1.78. The zero-order chi connectivity index (χ0) is 13.6. The maximum Gasteiger partial charge on any atom is 0.411 e. The Hall–Kier alpha value is -1.08. The smallest absolute Gasteiger partial charge is 0.362 e. The molecule has 18 heavy (non-hydrogen) atoms. The Morgan fingerprint density at radius 3 is 2.72 bits per heavy atom. The molecule has 0 fully saturated rings. The largest absolute Gasteiger partial charge is 0.411 e. The van der Waals surface area contributed by atoms with Crippen molar-refractivity contribution >= 4 is 21.8 Å². The first-order chi connectivity index (χ1) is 8.37. The van der Waals surface area contributed by atoms with Crippen LogP contribution in [0, 0.1) is 0 Å². The van der Waals surface area contributed by atoms with E-state index in [1.807, 2.05) is 6.07 Å². The van der Waals surface area contributed by atoms with Crippen LogP contribution in [0.5, 0.6) is 0 Å². The second kappa shape index (κ2) is 6.75. The number of rotatable bonds is 5. The maximum absolute atomic E-state index is 11.7. The van der Waals surface area contributed by atoms with Crippen LogP contribution < -0.4 is 5.32 Å². The molecule has 0 aromatic heterocycles. The average Bonchev–Trinajstić information content (AvgIpc) is 2.25. The van der Waals surface area contributed by atoms with Crippen LogP contribution in [0.15, 0.2) is 28.7 Å². The van der Waals surface area contributed by atoms with E-state index in [2.05, 4.69) is 26.0 Å². The maximum atomic E-state index is 11.7. The van der Waals surface area contributed by atoms with E-state index in [0.717, 1.165) is 10.0 Å². The number of alkyl halides is 3. The molecule has 100 valence electrons. The van der Waals surface area contributed by atoms with Crippen LogP contribution in [0.1, 0.15) is 5.56 Å². The summed E-state index contributed by atoms with van der Waals surface area (Å²) in [6, 6.07) is 7.22. The first-order valence-corrected chi connectivity index (χ1v) is 5.82. The van der Waals surface area contributed by atoms with Crippen molar-refractivity contribution in [3.63, 3.8) is 0 Å². The van der Waals surface area contributed by atoms with E-state index in [1.54, 1.807) is 18.2 Å². The Balaban J connectivity index is 2.25. The lowest BCUT2D eigenvalue weighted by Gasteiger charge is -2.08. The Kier molecular flexibility index (Phi) is 5.61. The molecule has 0 aliphatic heterocycles. The number of carbonyl (C=O) groups is 1. The zero-order valence-electron chi connectivity index (χ0n) is 9.26. The van der Waals surface area contributed by atoms with E-state index in [1.165, 1.54) is 0 Å². The highest BCUT2D eigenvalue weighted by Gasteiger charge is 2.27. The van der Waals surface area contributed by atoms with Gasteiger partial charge in [0.05, 0.1) is 0 Å². The molecule has 0 radical (unpaired) electrons. The van der Waals surface area contributed by atoms with Gasteiger partial charge in [0.15, 0.2) is 0 Å². The molecule has 1 amide bonds. The van der Waals surface area contributed by atoms with Crippen LogP contribution in [0.2, 0.25) is 0 Å². The van der Waals surface area contributed by atoms with E-state index >= 15 is 0 Å². The minimum atomic E-state index is -4.41. The molecule has 0 aliphatic carbocycles. The van der Waals surface area contributed by atoms with Crippen molar-refractivity contribution in [1.29, 1.82) is 0 Å². The summed E-state index contributed by atoms with van der Waals surface area (Å²) in [4.78, 5) is 11.2. The third-order valence-electron chi connectivity index (χ3n) is 1.88. The highest BCUT2D eigenvalue weighted by Crippen LogP contribution is 2.14. The third-order valence-corrected chi connectivity index (χ3v) is 2.37. The number of nitrogens with one attached hydrogen (secondary N) is 1. The van der Waals surface area contributed by atoms with Gasteiger partial charge in [0.25, 0.3) is 0 Å². The monoisotopic (exact) mass is 325 g/mol. The van der Waals surface area contributed by atoms with Gasteiger partial charge in [-0.3, -0.25) is 4.79 Å². The standard InChI is InChI=1S/C11H11BrF3NO2/c12-9-3-1-2-8(4-9)5-16-10(17)6-18-7-11(13,14)15/h1-4H,5-7H2,(H,16,17). The summed E-state index contributed by atoms with van der Waals surface area (Å²) in [5.41, 5.74) is 0.841. The SMILES string of the molecule is O=C(COCC(F)(F)F)NCc1cccc(Br)c1. The van der Waals surface area contributed by atoms with Gasteiger partial charge < -0.3 is 10.1 Å². The molecule has 1 rings (SSSR count). The van der Waals surface area contributed by atoms with Crippen molar-refractivity contribution in [2.24, 2.45) is 0 Å². The van der Waals surface area contributed by atoms with Crippen molar-refractivity contribution in [2.75, 3.05) is 13.2 Å². The van der Waals surface area contributed by atoms with Gasteiger partial charge in [0.1, 0.15) is 13.2 Å². The predicted molar refractivity (Wildman–Crippen MR) is 62.9 cm³/mol. The molecule has 1 N–H and O–H groups in total. The summed E-state index contributed by atoms with van der Waals surface area (Å²) < 4.78 is 40.3. The predicted octanol–water partition coefficient (Wildman–Crippen LogP) is 2.64. The summed E-state index contributed by atoms with van der Waals surface area (Å²) in [6.07, 6.45) is -4.41. The van der Waals surface area contributed by atoms with Gasteiger partial charge in [0.2, 0.25) is 5.91 Å². The number of halogens is 4. The number of hydrogen-bond acceptors (Lipinski definition) is 2. The number of amides is 1. The first-order valence-electron chi connectivity index (χ1n) is 5.02. The lowest BCUT2D eigenvalue weighted by atomic mass is 10.2. The number of hydrogen-bond donors (Lipinski definition) is 1. The number of benzene rings is 1. The molecule has 0 saturated heterocycles. The molecular formula is C11H11BrF3NO2. The van der Waals surface area contributed by atoms with Gasteiger partial charge >= 0.3 is 6.18 Å². The fourth-order valence-corrected chi connectivity index (χ4v) is 1.60. The van der Waals surface area contributed by atoms with E-state index < -0.39 is 25.3 Å².